The molecule has 0 saturated carbocycles. The minimum absolute atomic E-state index is 0.106. The van der Waals surface area contributed by atoms with Crippen LogP contribution in [0.2, 0.25) is 0 Å². The molecular formula is C19H18FN3O. The smallest absolute Gasteiger partial charge is 0.262 e. The molecule has 1 aromatic carbocycles. The number of rotatable bonds is 6. The van der Waals surface area contributed by atoms with Crippen LogP contribution in [0.5, 0.6) is 0 Å². The van der Waals surface area contributed by atoms with Crippen molar-refractivity contribution in [2.24, 2.45) is 0 Å². The Morgan fingerprint density at radius 1 is 1.29 bits per heavy atom. The normalized spacial score (nSPS) is 12.3. The van der Waals surface area contributed by atoms with Gasteiger partial charge < -0.3 is 5.32 Å². The molecule has 1 heterocycles. The summed E-state index contributed by atoms with van der Waals surface area (Å²) >= 11 is 0. The molecule has 1 aromatic heterocycles. The van der Waals surface area contributed by atoms with Crippen LogP contribution in [-0.2, 0) is 4.79 Å². The van der Waals surface area contributed by atoms with Crippen LogP contribution < -0.4 is 5.32 Å². The minimum atomic E-state index is -0.658. The number of nitrogens with zero attached hydrogens (tertiary/aromatic N) is 2. The number of carbonyl (C=O) groups is 1. The Bertz CT molecular complexity index is 766. The lowest BCUT2D eigenvalue weighted by atomic mass is 10.0. The van der Waals surface area contributed by atoms with Gasteiger partial charge in [0.05, 0.1) is 11.7 Å². The molecule has 0 radical (unpaired) electrons. The lowest BCUT2D eigenvalue weighted by Gasteiger charge is -2.18. The van der Waals surface area contributed by atoms with E-state index in [0.717, 1.165) is 18.4 Å². The van der Waals surface area contributed by atoms with E-state index in [0.29, 0.717) is 0 Å². The van der Waals surface area contributed by atoms with Gasteiger partial charge in [0.15, 0.2) is 0 Å². The number of amides is 1. The monoisotopic (exact) mass is 323 g/mol. The first-order valence-electron chi connectivity index (χ1n) is 7.74. The number of benzene rings is 1. The second kappa shape index (κ2) is 8.59. The maximum Gasteiger partial charge on any atom is 0.262 e. The molecule has 2 aromatic rings. The quantitative estimate of drug-likeness (QED) is 0.500. The summed E-state index contributed by atoms with van der Waals surface area (Å²) < 4.78 is 13.1. The fraction of sp³-hybridized carbons (Fsp3) is 0.211. The van der Waals surface area contributed by atoms with E-state index in [1.54, 1.807) is 0 Å². The van der Waals surface area contributed by atoms with Gasteiger partial charge in [0.25, 0.3) is 5.91 Å². The Morgan fingerprint density at radius 2 is 2.04 bits per heavy atom. The van der Waals surface area contributed by atoms with Gasteiger partial charge in [0, 0.05) is 0 Å². The largest absolute Gasteiger partial charge is 0.345 e. The maximum atomic E-state index is 13.1. The molecule has 0 saturated heterocycles. The average molecular weight is 323 g/mol. The van der Waals surface area contributed by atoms with Crippen molar-refractivity contribution in [2.45, 2.75) is 25.8 Å². The summed E-state index contributed by atoms with van der Waals surface area (Å²) in [4.78, 5) is 16.0. The third-order valence-electron chi connectivity index (χ3n) is 3.48. The summed E-state index contributed by atoms with van der Waals surface area (Å²) in [6.07, 6.45) is 2.93. The molecule has 1 amide bonds. The standard InChI is InChI=1S/C19H18FN3O/c1-2-7-17(14-8-4-3-5-9-14)23-19(24)15(13-21)12-16-10-6-11-18(20)22-16/h3-6,8-12,17H,2,7H2,1H3,(H,23,24)/t17-/m0/s1. The number of nitriles is 1. The van der Waals surface area contributed by atoms with Crippen molar-refractivity contribution in [1.82, 2.24) is 10.3 Å². The molecular weight excluding hydrogens is 305 g/mol. The molecule has 0 aliphatic rings. The topological polar surface area (TPSA) is 65.8 Å². The predicted octanol–water partition coefficient (Wildman–Crippen LogP) is 3.79. The van der Waals surface area contributed by atoms with E-state index in [2.05, 4.69) is 10.3 Å². The van der Waals surface area contributed by atoms with Gasteiger partial charge in [0.2, 0.25) is 5.95 Å². The number of pyridine rings is 1. The molecule has 0 spiro atoms. The second-order valence-corrected chi connectivity index (χ2v) is 5.28. The van der Waals surface area contributed by atoms with Gasteiger partial charge in [-0.25, -0.2) is 4.98 Å². The van der Waals surface area contributed by atoms with Crippen molar-refractivity contribution in [3.05, 3.63) is 71.3 Å². The molecule has 0 aliphatic carbocycles. The zero-order chi connectivity index (χ0) is 17.4. The summed E-state index contributed by atoms with van der Waals surface area (Å²) in [5.74, 6) is -1.15. The Labute approximate surface area is 140 Å². The van der Waals surface area contributed by atoms with Crippen LogP contribution in [0.25, 0.3) is 6.08 Å². The van der Waals surface area contributed by atoms with Gasteiger partial charge in [-0.3, -0.25) is 4.79 Å². The molecule has 1 N–H and O–H groups in total. The zero-order valence-corrected chi connectivity index (χ0v) is 13.4. The van der Waals surface area contributed by atoms with Crippen molar-refractivity contribution in [3.8, 4) is 6.07 Å². The van der Waals surface area contributed by atoms with E-state index in [4.69, 9.17) is 0 Å². The van der Waals surface area contributed by atoms with Crippen LogP contribution >= 0.6 is 0 Å². The number of hydrogen-bond acceptors (Lipinski definition) is 3. The number of halogens is 1. The average Bonchev–Trinajstić information content (AvgIpc) is 2.60. The van der Waals surface area contributed by atoms with E-state index in [1.807, 2.05) is 43.3 Å². The number of carbonyl (C=O) groups excluding carboxylic acids is 1. The van der Waals surface area contributed by atoms with Crippen molar-refractivity contribution in [2.75, 3.05) is 0 Å². The van der Waals surface area contributed by atoms with Gasteiger partial charge in [-0.1, -0.05) is 49.7 Å². The number of nitrogens with one attached hydrogen (secondary N) is 1. The molecule has 0 bridgehead atoms. The summed E-state index contributed by atoms with van der Waals surface area (Å²) in [6, 6.07) is 15.5. The van der Waals surface area contributed by atoms with E-state index in [1.165, 1.54) is 24.3 Å². The summed E-state index contributed by atoms with van der Waals surface area (Å²) in [5.41, 5.74) is 1.10. The van der Waals surface area contributed by atoms with Crippen LogP contribution in [0.3, 0.4) is 0 Å². The third-order valence-corrected chi connectivity index (χ3v) is 3.48. The van der Waals surface area contributed by atoms with Crippen LogP contribution in [0.15, 0.2) is 54.1 Å². The highest BCUT2D eigenvalue weighted by Crippen LogP contribution is 2.19. The fourth-order valence-electron chi connectivity index (χ4n) is 2.33. The molecule has 5 heteroatoms. The van der Waals surface area contributed by atoms with E-state index in [9.17, 15) is 14.4 Å². The van der Waals surface area contributed by atoms with Crippen molar-refractivity contribution in [1.29, 1.82) is 5.26 Å². The second-order valence-electron chi connectivity index (χ2n) is 5.28. The Morgan fingerprint density at radius 3 is 2.67 bits per heavy atom. The van der Waals surface area contributed by atoms with Gasteiger partial charge in [-0.2, -0.15) is 9.65 Å². The third kappa shape index (κ3) is 4.75. The van der Waals surface area contributed by atoms with Gasteiger partial charge in [-0.15, -0.1) is 0 Å². The summed E-state index contributed by atoms with van der Waals surface area (Å²) in [6.45, 7) is 2.03. The van der Waals surface area contributed by atoms with Crippen molar-refractivity contribution in [3.63, 3.8) is 0 Å². The molecule has 0 aliphatic heterocycles. The molecule has 0 fully saturated rings. The van der Waals surface area contributed by atoms with Crippen LogP contribution in [-0.4, -0.2) is 10.9 Å². The number of hydrogen-bond donors (Lipinski definition) is 1. The Hall–Kier alpha value is -3.00. The molecule has 2 rings (SSSR count). The van der Waals surface area contributed by atoms with Crippen molar-refractivity contribution >= 4 is 12.0 Å². The fourth-order valence-corrected chi connectivity index (χ4v) is 2.33. The molecule has 1 atom stereocenters. The van der Waals surface area contributed by atoms with Gasteiger partial charge in [-0.05, 0) is 30.2 Å². The zero-order valence-electron chi connectivity index (χ0n) is 13.4. The Balaban J connectivity index is 2.20. The molecule has 24 heavy (non-hydrogen) atoms. The van der Waals surface area contributed by atoms with E-state index < -0.39 is 11.9 Å². The molecule has 122 valence electrons. The summed E-state index contributed by atoms with van der Waals surface area (Å²) in [7, 11) is 0. The lowest BCUT2D eigenvalue weighted by Crippen LogP contribution is -2.29. The van der Waals surface area contributed by atoms with Crippen LogP contribution in [0.1, 0.15) is 37.1 Å². The van der Waals surface area contributed by atoms with E-state index in [-0.39, 0.29) is 17.3 Å². The minimum Gasteiger partial charge on any atom is -0.345 e. The van der Waals surface area contributed by atoms with Gasteiger partial charge in [0.1, 0.15) is 11.6 Å². The van der Waals surface area contributed by atoms with Gasteiger partial charge >= 0.3 is 0 Å². The Kier molecular flexibility index (Phi) is 6.21. The first-order valence-corrected chi connectivity index (χ1v) is 7.74. The maximum absolute atomic E-state index is 13.1. The molecule has 4 nitrogen and oxygen atoms in total. The SMILES string of the molecule is CCC[C@H](NC(=O)C(C#N)=Cc1cccc(F)n1)c1ccccc1. The first-order chi connectivity index (χ1) is 11.6. The van der Waals surface area contributed by atoms with Crippen LogP contribution in [0, 0.1) is 17.3 Å². The number of aromatic nitrogens is 1. The predicted molar refractivity (Wildman–Crippen MR) is 90.0 cm³/mol. The molecule has 0 unspecified atom stereocenters. The first kappa shape index (κ1) is 17.4. The highest BCUT2D eigenvalue weighted by atomic mass is 19.1. The van der Waals surface area contributed by atoms with Crippen LogP contribution in [0.4, 0.5) is 4.39 Å². The van der Waals surface area contributed by atoms with Crippen molar-refractivity contribution < 1.29 is 9.18 Å². The van der Waals surface area contributed by atoms with E-state index >= 15 is 0 Å². The highest BCUT2D eigenvalue weighted by Gasteiger charge is 2.17. The lowest BCUT2D eigenvalue weighted by molar-refractivity contribution is -0.117. The summed E-state index contributed by atoms with van der Waals surface area (Å²) in [5, 5.41) is 12.1. The highest BCUT2D eigenvalue weighted by molar-refractivity contribution is 6.01.